The molecule has 0 heterocycles. The Balaban J connectivity index is 0.000000921. The van der Waals surface area contributed by atoms with E-state index in [9.17, 15) is 5.11 Å². The highest BCUT2D eigenvalue weighted by molar-refractivity contribution is 4.81. The minimum Gasteiger partial charge on any atom is -0.393 e. The third-order valence-electron chi connectivity index (χ3n) is 3.68. The maximum atomic E-state index is 9.47. The molecular formula is C14H30O. The van der Waals surface area contributed by atoms with Crippen LogP contribution in [0.4, 0.5) is 0 Å². The number of aliphatic hydroxyl groups is 1. The summed E-state index contributed by atoms with van der Waals surface area (Å²) >= 11 is 0. The molecule has 1 saturated carbocycles. The Morgan fingerprint density at radius 1 is 1.00 bits per heavy atom. The fourth-order valence-corrected chi connectivity index (χ4v) is 2.47. The lowest BCUT2D eigenvalue weighted by Crippen LogP contribution is -2.29. The molecule has 1 nitrogen and oxygen atoms in total. The van der Waals surface area contributed by atoms with E-state index in [0.717, 1.165) is 5.92 Å². The van der Waals surface area contributed by atoms with Crippen LogP contribution in [0, 0.1) is 17.3 Å². The van der Waals surface area contributed by atoms with Gasteiger partial charge in [-0.3, -0.25) is 0 Å². The van der Waals surface area contributed by atoms with Crippen LogP contribution in [-0.2, 0) is 0 Å². The van der Waals surface area contributed by atoms with Crippen molar-refractivity contribution in [3.63, 3.8) is 0 Å². The summed E-state index contributed by atoms with van der Waals surface area (Å²) in [5.74, 6) is 1.43. The van der Waals surface area contributed by atoms with E-state index in [4.69, 9.17) is 0 Å². The van der Waals surface area contributed by atoms with Gasteiger partial charge in [0.05, 0.1) is 6.10 Å². The van der Waals surface area contributed by atoms with Crippen LogP contribution < -0.4 is 0 Å². The molecule has 15 heavy (non-hydrogen) atoms. The Morgan fingerprint density at radius 3 is 1.67 bits per heavy atom. The molecule has 0 saturated heterocycles. The van der Waals surface area contributed by atoms with E-state index >= 15 is 0 Å². The zero-order valence-corrected chi connectivity index (χ0v) is 11.5. The van der Waals surface area contributed by atoms with E-state index in [1.807, 2.05) is 20.8 Å². The van der Waals surface area contributed by atoms with Gasteiger partial charge in [0.1, 0.15) is 0 Å². The van der Waals surface area contributed by atoms with Gasteiger partial charge in [-0.2, -0.15) is 0 Å². The number of aliphatic hydroxyl groups excluding tert-OH is 1. The molecule has 1 aliphatic rings. The van der Waals surface area contributed by atoms with Crippen LogP contribution in [0.3, 0.4) is 0 Å². The van der Waals surface area contributed by atoms with Crippen molar-refractivity contribution in [2.45, 2.75) is 73.3 Å². The first-order chi connectivity index (χ1) is 6.91. The Morgan fingerprint density at radius 2 is 1.40 bits per heavy atom. The van der Waals surface area contributed by atoms with Crippen molar-refractivity contribution in [3.05, 3.63) is 0 Å². The van der Waals surface area contributed by atoms with Crippen LogP contribution in [-0.4, -0.2) is 11.2 Å². The highest BCUT2D eigenvalue weighted by atomic mass is 16.3. The standard InChI is InChI=1S/C12H24O.C2H6/c1-9(13)10-5-7-11(8-6-10)12(2,3)4;1-2/h9-11,13H,5-8H2,1-4H3;1-2H3. The Labute approximate surface area is 96.3 Å². The van der Waals surface area contributed by atoms with Gasteiger partial charge in [0.2, 0.25) is 0 Å². The van der Waals surface area contributed by atoms with Gasteiger partial charge in [-0.1, -0.05) is 34.6 Å². The molecule has 0 spiro atoms. The Hall–Kier alpha value is -0.0400. The van der Waals surface area contributed by atoms with E-state index in [0.29, 0.717) is 11.3 Å². The summed E-state index contributed by atoms with van der Waals surface area (Å²) in [7, 11) is 0. The van der Waals surface area contributed by atoms with Gasteiger partial charge < -0.3 is 5.11 Å². The first-order valence-corrected chi connectivity index (χ1v) is 6.59. The summed E-state index contributed by atoms with van der Waals surface area (Å²) in [5, 5.41) is 9.47. The molecule has 1 heteroatoms. The zero-order valence-electron chi connectivity index (χ0n) is 11.5. The van der Waals surface area contributed by atoms with Gasteiger partial charge in [-0.25, -0.2) is 0 Å². The Bertz CT molecular complexity index is 147. The first-order valence-electron chi connectivity index (χ1n) is 6.59. The summed E-state index contributed by atoms with van der Waals surface area (Å²) in [6.07, 6.45) is 4.96. The van der Waals surface area contributed by atoms with Gasteiger partial charge in [0.15, 0.2) is 0 Å². The van der Waals surface area contributed by atoms with E-state index in [1.54, 1.807) is 0 Å². The van der Waals surface area contributed by atoms with Crippen LogP contribution in [0.1, 0.15) is 67.2 Å². The predicted molar refractivity (Wildman–Crippen MR) is 67.9 cm³/mol. The molecule has 0 aromatic heterocycles. The van der Waals surface area contributed by atoms with Crippen LogP contribution in [0.2, 0.25) is 0 Å². The summed E-state index contributed by atoms with van der Waals surface area (Å²) in [4.78, 5) is 0. The summed E-state index contributed by atoms with van der Waals surface area (Å²) in [6.45, 7) is 12.9. The summed E-state index contributed by atoms with van der Waals surface area (Å²) < 4.78 is 0. The minimum atomic E-state index is -0.0964. The molecule has 1 fully saturated rings. The minimum absolute atomic E-state index is 0.0964. The van der Waals surface area contributed by atoms with E-state index in [-0.39, 0.29) is 6.10 Å². The molecule has 0 radical (unpaired) electrons. The van der Waals surface area contributed by atoms with Gasteiger partial charge in [0, 0.05) is 0 Å². The van der Waals surface area contributed by atoms with Crippen molar-refractivity contribution >= 4 is 0 Å². The maximum absolute atomic E-state index is 9.47. The number of rotatable bonds is 1. The molecular weight excluding hydrogens is 184 g/mol. The molecule has 92 valence electrons. The largest absolute Gasteiger partial charge is 0.393 e. The molecule has 1 rings (SSSR count). The summed E-state index contributed by atoms with van der Waals surface area (Å²) in [6, 6.07) is 0. The van der Waals surface area contributed by atoms with E-state index < -0.39 is 0 Å². The lowest BCUT2D eigenvalue weighted by atomic mass is 9.69. The number of hydrogen-bond donors (Lipinski definition) is 1. The molecule has 1 unspecified atom stereocenters. The van der Waals surface area contributed by atoms with Crippen LogP contribution >= 0.6 is 0 Å². The quantitative estimate of drug-likeness (QED) is 0.692. The first kappa shape index (κ1) is 15.0. The summed E-state index contributed by atoms with van der Waals surface area (Å²) in [5.41, 5.74) is 0.462. The molecule has 0 aromatic rings. The second-order valence-electron chi connectivity index (χ2n) is 5.72. The van der Waals surface area contributed by atoms with Crippen molar-refractivity contribution in [1.82, 2.24) is 0 Å². The molecule has 0 aliphatic heterocycles. The maximum Gasteiger partial charge on any atom is 0.0540 e. The van der Waals surface area contributed by atoms with Crippen molar-refractivity contribution < 1.29 is 5.11 Å². The SMILES string of the molecule is CC.CC(O)C1CCC(C(C)(C)C)CC1. The molecule has 0 aromatic carbocycles. The normalized spacial score (nSPS) is 29.0. The third-order valence-corrected chi connectivity index (χ3v) is 3.68. The van der Waals surface area contributed by atoms with Crippen molar-refractivity contribution in [2.24, 2.45) is 17.3 Å². The monoisotopic (exact) mass is 214 g/mol. The van der Waals surface area contributed by atoms with Crippen LogP contribution in [0.15, 0.2) is 0 Å². The predicted octanol–water partition coefficient (Wildman–Crippen LogP) is 4.25. The average molecular weight is 214 g/mol. The molecule has 0 bridgehead atoms. The van der Waals surface area contributed by atoms with Gasteiger partial charge in [-0.15, -0.1) is 0 Å². The average Bonchev–Trinajstić information content (AvgIpc) is 2.20. The van der Waals surface area contributed by atoms with Gasteiger partial charge in [-0.05, 0) is 49.9 Å². The number of hydrogen-bond acceptors (Lipinski definition) is 1. The second-order valence-corrected chi connectivity index (χ2v) is 5.72. The molecule has 1 atom stereocenters. The zero-order chi connectivity index (χ0) is 12.1. The highest BCUT2D eigenvalue weighted by Crippen LogP contribution is 2.40. The second kappa shape index (κ2) is 6.52. The van der Waals surface area contributed by atoms with Crippen LogP contribution in [0.5, 0.6) is 0 Å². The molecule has 0 amide bonds. The van der Waals surface area contributed by atoms with Crippen molar-refractivity contribution in [2.75, 3.05) is 0 Å². The van der Waals surface area contributed by atoms with Crippen molar-refractivity contribution in [3.8, 4) is 0 Å². The van der Waals surface area contributed by atoms with E-state index in [2.05, 4.69) is 20.8 Å². The van der Waals surface area contributed by atoms with E-state index in [1.165, 1.54) is 25.7 Å². The molecule has 1 N–H and O–H groups in total. The fraction of sp³-hybridized carbons (Fsp3) is 1.00. The van der Waals surface area contributed by atoms with Crippen molar-refractivity contribution in [1.29, 1.82) is 0 Å². The van der Waals surface area contributed by atoms with Crippen LogP contribution in [0.25, 0.3) is 0 Å². The third kappa shape index (κ3) is 5.01. The topological polar surface area (TPSA) is 20.2 Å². The van der Waals surface area contributed by atoms with Gasteiger partial charge >= 0.3 is 0 Å². The lowest BCUT2D eigenvalue weighted by molar-refractivity contribution is 0.0647. The lowest BCUT2D eigenvalue weighted by Gasteiger charge is -2.37. The smallest absolute Gasteiger partial charge is 0.0540 e. The van der Waals surface area contributed by atoms with Gasteiger partial charge in [0.25, 0.3) is 0 Å². The highest BCUT2D eigenvalue weighted by Gasteiger charge is 2.30. The fourth-order valence-electron chi connectivity index (χ4n) is 2.47. The molecule has 1 aliphatic carbocycles. The Kier molecular flexibility index (Phi) is 6.51.